The van der Waals surface area contributed by atoms with E-state index < -0.39 is 5.60 Å². The van der Waals surface area contributed by atoms with Crippen LogP contribution in [0.3, 0.4) is 0 Å². The van der Waals surface area contributed by atoms with Gasteiger partial charge < -0.3 is 10.4 Å². The lowest BCUT2D eigenvalue weighted by atomic mass is 10.1. The summed E-state index contributed by atoms with van der Waals surface area (Å²) in [4.78, 5) is 11.7. The third-order valence-electron chi connectivity index (χ3n) is 2.90. The molecule has 0 bridgehead atoms. The molecule has 0 aliphatic heterocycles. The van der Waals surface area contributed by atoms with E-state index in [9.17, 15) is 9.90 Å². The van der Waals surface area contributed by atoms with Gasteiger partial charge in [0.2, 0.25) is 5.91 Å². The molecular formula is C15H22ClNO2S. The summed E-state index contributed by atoms with van der Waals surface area (Å²) in [6.07, 6.45) is 4.05. The molecule has 0 fully saturated rings. The fourth-order valence-electron chi connectivity index (χ4n) is 1.84. The van der Waals surface area contributed by atoms with Gasteiger partial charge in [-0.3, -0.25) is 4.79 Å². The second-order valence-corrected chi connectivity index (χ2v) is 6.49. The molecule has 20 heavy (non-hydrogen) atoms. The van der Waals surface area contributed by atoms with Crippen LogP contribution in [0.25, 0.3) is 0 Å². The maximum Gasteiger partial charge on any atom is 0.220 e. The average Bonchev–Trinajstić information content (AvgIpc) is 2.39. The van der Waals surface area contributed by atoms with Crippen LogP contribution in [0.4, 0.5) is 0 Å². The third-order valence-corrected chi connectivity index (χ3v) is 4.07. The van der Waals surface area contributed by atoms with E-state index in [1.165, 1.54) is 5.56 Å². The van der Waals surface area contributed by atoms with Crippen LogP contribution < -0.4 is 5.32 Å². The Labute approximate surface area is 130 Å². The van der Waals surface area contributed by atoms with Crippen LogP contribution in [-0.2, 0) is 11.2 Å². The predicted molar refractivity (Wildman–Crippen MR) is 86.4 cm³/mol. The Hall–Kier alpha value is -0.710. The number of hydrogen-bond donors (Lipinski definition) is 2. The van der Waals surface area contributed by atoms with Crippen molar-refractivity contribution in [2.75, 3.05) is 18.6 Å². The van der Waals surface area contributed by atoms with E-state index in [2.05, 4.69) is 5.32 Å². The lowest BCUT2D eigenvalue weighted by molar-refractivity contribution is -0.122. The quantitative estimate of drug-likeness (QED) is 0.775. The monoisotopic (exact) mass is 315 g/mol. The smallest absolute Gasteiger partial charge is 0.220 e. The van der Waals surface area contributed by atoms with E-state index in [1.807, 2.05) is 30.5 Å². The molecule has 0 aliphatic rings. The molecule has 0 heterocycles. The molecule has 5 heteroatoms. The SMILES string of the molecule is CSCC(C)(O)CNC(=O)CCCc1ccc(Cl)cc1. The standard InChI is InChI=1S/C15H22ClNO2S/c1-15(19,11-20-2)10-17-14(18)5-3-4-12-6-8-13(16)9-7-12/h6-9,19H,3-5,10-11H2,1-2H3,(H,17,18). The molecule has 0 aliphatic carbocycles. The highest BCUT2D eigenvalue weighted by Gasteiger charge is 2.20. The number of thioether (sulfide) groups is 1. The minimum absolute atomic E-state index is 0.0136. The van der Waals surface area contributed by atoms with E-state index in [4.69, 9.17) is 11.6 Å². The van der Waals surface area contributed by atoms with E-state index >= 15 is 0 Å². The minimum Gasteiger partial charge on any atom is -0.387 e. The molecule has 0 spiro atoms. The van der Waals surface area contributed by atoms with Crippen molar-refractivity contribution in [1.82, 2.24) is 5.32 Å². The van der Waals surface area contributed by atoms with Crippen molar-refractivity contribution in [2.45, 2.75) is 31.8 Å². The van der Waals surface area contributed by atoms with E-state index in [0.717, 1.165) is 17.9 Å². The third kappa shape index (κ3) is 7.17. The number of carbonyl (C=O) groups is 1. The molecule has 1 rings (SSSR count). The summed E-state index contributed by atoms with van der Waals surface area (Å²) in [7, 11) is 0. The van der Waals surface area contributed by atoms with Crippen LogP contribution in [-0.4, -0.2) is 35.2 Å². The summed E-state index contributed by atoms with van der Waals surface area (Å²) in [6, 6.07) is 7.67. The van der Waals surface area contributed by atoms with Gasteiger partial charge >= 0.3 is 0 Å². The summed E-state index contributed by atoms with van der Waals surface area (Å²) in [5.41, 5.74) is 0.335. The molecular weight excluding hydrogens is 294 g/mol. The van der Waals surface area contributed by atoms with Gasteiger partial charge in [-0.2, -0.15) is 11.8 Å². The van der Waals surface area contributed by atoms with Gasteiger partial charge in [-0.05, 0) is 43.7 Å². The van der Waals surface area contributed by atoms with Crippen molar-refractivity contribution in [3.05, 3.63) is 34.9 Å². The van der Waals surface area contributed by atoms with Crippen molar-refractivity contribution in [3.8, 4) is 0 Å². The van der Waals surface area contributed by atoms with Crippen LogP contribution in [0.1, 0.15) is 25.3 Å². The summed E-state index contributed by atoms with van der Waals surface area (Å²) in [5, 5.41) is 13.4. The van der Waals surface area contributed by atoms with Gasteiger partial charge in [0.25, 0.3) is 0 Å². The molecule has 1 atom stereocenters. The summed E-state index contributed by atoms with van der Waals surface area (Å²) < 4.78 is 0. The zero-order valence-electron chi connectivity index (χ0n) is 12.0. The molecule has 1 aromatic carbocycles. The summed E-state index contributed by atoms with van der Waals surface area (Å²) in [6.45, 7) is 2.03. The van der Waals surface area contributed by atoms with Crippen LogP contribution in [0.15, 0.2) is 24.3 Å². The highest BCUT2D eigenvalue weighted by molar-refractivity contribution is 7.98. The zero-order valence-corrected chi connectivity index (χ0v) is 13.6. The lowest BCUT2D eigenvalue weighted by Crippen LogP contribution is -2.42. The van der Waals surface area contributed by atoms with Gasteiger partial charge in [-0.1, -0.05) is 23.7 Å². The van der Waals surface area contributed by atoms with Crippen LogP contribution in [0.5, 0.6) is 0 Å². The second-order valence-electron chi connectivity index (χ2n) is 5.19. The fraction of sp³-hybridized carbons (Fsp3) is 0.533. The van der Waals surface area contributed by atoms with Gasteiger partial charge in [0.05, 0.1) is 5.60 Å². The first-order valence-corrected chi connectivity index (χ1v) is 8.42. The van der Waals surface area contributed by atoms with Crippen LogP contribution in [0, 0.1) is 0 Å². The Bertz CT molecular complexity index is 420. The predicted octanol–water partition coefficient (Wildman–Crippen LogP) is 2.89. The maximum atomic E-state index is 11.7. The average molecular weight is 316 g/mol. The van der Waals surface area contributed by atoms with Gasteiger partial charge in [0, 0.05) is 23.7 Å². The topological polar surface area (TPSA) is 49.3 Å². The highest BCUT2D eigenvalue weighted by atomic mass is 35.5. The van der Waals surface area contributed by atoms with E-state index in [1.54, 1.807) is 18.7 Å². The highest BCUT2D eigenvalue weighted by Crippen LogP contribution is 2.12. The number of aryl methyl sites for hydroxylation is 1. The molecule has 2 N–H and O–H groups in total. The van der Waals surface area contributed by atoms with Gasteiger partial charge in [0.1, 0.15) is 0 Å². The molecule has 0 aromatic heterocycles. The molecule has 3 nitrogen and oxygen atoms in total. The molecule has 1 unspecified atom stereocenters. The summed E-state index contributed by atoms with van der Waals surface area (Å²) in [5.74, 6) is 0.596. The Morgan fingerprint density at radius 3 is 2.65 bits per heavy atom. The molecule has 112 valence electrons. The van der Waals surface area contributed by atoms with Crippen molar-refractivity contribution >= 4 is 29.3 Å². The Balaban J connectivity index is 2.22. The van der Waals surface area contributed by atoms with Gasteiger partial charge in [-0.15, -0.1) is 0 Å². The normalized spacial score (nSPS) is 13.8. The summed E-state index contributed by atoms with van der Waals surface area (Å²) >= 11 is 7.38. The molecule has 0 radical (unpaired) electrons. The van der Waals surface area contributed by atoms with Crippen molar-refractivity contribution in [2.24, 2.45) is 0 Å². The Morgan fingerprint density at radius 1 is 1.40 bits per heavy atom. The number of carbonyl (C=O) groups excluding carboxylic acids is 1. The largest absolute Gasteiger partial charge is 0.387 e. The first-order valence-electron chi connectivity index (χ1n) is 6.65. The lowest BCUT2D eigenvalue weighted by Gasteiger charge is -2.22. The first kappa shape index (κ1) is 17.3. The second kappa shape index (κ2) is 8.55. The van der Waals surface area contributed by atoms with Gasteiger partial charge in [0.15, 0.2) is 0 Å². The van der Waals surface area contributed by atoms with Crippen molar-refractivity contribution < 1.29 is 9.90 Å². The minimum atomic E-state index is -0.842. The van der Waals surface area contributed by atoms with Gasteiger partial charge in [-0.25, -0.2) is 0 Å². The zero-order chi connectivity index (χ0) is 15.0. The number of amides is 1. The van der Waals surface area contributed by atoms with Crippen molar-refractivity contribution in [3.63, 3.8) is 0 Å². The maximum absolute atomic E-state index is 11.7. The molecule has 1 aromatic rings. The Morgan fingerprint density at radius 2 is 2.05 bits per heavy atom. The van der Waals surface area contributed by atoms with Crippen molar-refractivity contribution in [1.29, 1.82) is 0 Å². The first-order chi connectivity index (χ1) is 9.43. The number of benzene rings is 1. The number of aliphatic hydroxyl groups is 1. The fourth-order valence-corrected chi connectivity index (χ4v) is 2.69. The molecule has 0 saturated carbocycles. The van der Waals surface area contributed by atoms with Crippen LogP contribution in [0.2, 0.25) is 5.02 Å². The van der Waals surface area contributed by atoms with E-state index in [0.29, 0.717) is 18.7 Å². The Kier molecular flexibility index (Phi) is 7.41. The molecule has 1 amide bonds. The number of rotatable bonds is 8. The van der Waals surface area contributed by atoms with E-state index in [-0.39, 0.29) is 5.91 Å². The number of hydrogen-bond acceptors (Lipinski definition) is 3. The number of halogens is 1. The van der Waals surface area contributed by atoms with Crippen LogP contribution >= 0.6 is 23.4 Å². The molecule has 0 saturated heterocycles. The number of nitrogens with one attached hydrogen (secondary N) is 1.